The number of nitrogens with one attached hydrogen (secondary N) is 2. The summed E-state index contributed by atoms with van der Waals surface area (Å²) in [6.07, 6.45) is 3.05. The van der Waals surface area contributed by atoms with Gasteiger partial charge in [-0.15, -0.1) is 0 Å². The maximum atomic E-state index is 12.8. The monoisotopic (exact) mass is 534 g/mol. The molecule has 0 aliphatic carbocycles. The molecule has 0 spiro atoms. The number of nitrogens with zero attached hydrogens (tertiary/aromatic N) is 4. The topological polar surface area (TPSA) is 111 Å². The maximum absolute atomic E-state index is 12.8. The summed E-state index contributed by atoms with van der Waals surface area (Å²) in [6, 6.07) is 9.69. The number of piperazine rings is 1. The third kappa shape index (κ3) is 6.76. The van der Waals surface area contributed by atoms with Crippen molar-refractivity contribution in [2.45, 2.75) is 22.0 Å². The number of imidazole rings is 1. The Bertz CT molecular complexity index is 1190. The average Bonchev–Trinajstić information content (AvgIpc) is 3.23. The number of carbonyl (C=O) groups excluding carboxylic acids is 1. The number of amides is 1. The molecule has 2 N–H and O–H groups in total. The smallest absolute Gasteiger partial charge is 0.238 e. The molecule has 1 amide bonds. The Labute approximate surface area is 214 Å². The highest BCUT2D eigenvalue weighted by atomic mass is 32.2. The SMILES string of the molecule is Cc1cc(S(C)=O)c(NC(=O)CN2CCN(CCSc3nc4ccccc4[nH]3)CC2)c(S(C)=O)n1. The van der Waals surface area contributed by atoms with Gasteiger partial charge in [0.2, 0.25) is 5.91 Å². The first-order valence-corrected chi connectivity index (χ1v) is 15.4. The molecule has 2 unspecified atom stereocenters. The van der Waals surface area contributed by atoms with Crippen molar-refractivity contribution in [2.24, 2.45) is 0 Å². The zero-order valence-corrected chi connectivity index (χ0v) is 22.5. The van der Waals surface area contributed by atoms with Crippen LogP contribution in [-0.2, 0) is 26.4 Å². The van der Waals surface area contributed by atoms with Crippen LogP contribution < -0.4 is 5.32 Å². The highest BCUT2D eigenvalue weighted by Crippen LogP contribution is 2.26. The van der Waals surface area contributed by atoms with Gasteiger partial charge in [0, 0.05) is 56.7 Å². The second kappa shape index (κ2) is 11.7. The summed E-state index contributed by atoms with van der Waals surface area (Å²) in [5.41, 5.74) is 2.97. The molecular formula is C23H30N6O3S3. The van der Waals surface area contributed by atoms with E-state index in [0.29, 0.717) is 16.3 Å². The van der Waals surface area contributed by atoms with Gasteiger partial charge in [-0.1, -0.05) is 23.9 Å². The second-order valence-electron chi connectivity index (χ2n) is 8.42. The van der Waals surface area contributed by atoms with Gasteiger partial charge in [-0.3, -0.25) is 23.0 Å². The van der Waals surface area contributed by atoms with Gasteiger partial charge in [0.05, 0.1) is 49.8 Å². The predicted octanol–water partition coefficient (Wildman–Crippen LogP) is 2.09. The number of fused-ring (bicyclic) bond motifs is 1. The van der Waals surface area contributed by atoms with Crippen molar-refractivity contribution in [1.82, 2.24) is 24.8 Å². The number of pyridine rings is 1. The van der Waals surface area contributed by atoms with Crippen LogP contribution in [0.15, 0.2) is 45.4 Å². The van der Waals surface area contributed by atoms with Gasteiger partial charge < -0.3 is 10.3 Å². The van der Waals surface area contributed by atoms with E-state index >= 15 is 0 Å². The number of hydrogen-bond donors (Lipinski definition) is 2. The molecule has 35 heavy (non-hydrogen) atoms. The molecule has 4 rings (SSSR count). The van der Waals surface area contributed by atoms with E-state index in [1.165, 1.54) is 6.26 Å². The summed E-state index contributed by atoms with van der Waals surface area (Å²) in [4.78, 5) is 30.0. The number of para-hydroxylation sites is 2. The van der Waals surface area contributed by atoms with Crippen molar-refractivity contribution >= 4 is 56.0 Å². The maximum Gasteiger partial charge on any atom is 0.238 e. The van der Waals surface area contributed by atoms with Gasteiger partial charge in [-0.2, -0.15) is 0 Å². The lowest BCUT2D eigenvalue weighted by atomic mass is 10.3. The lowest BCUT2D eigenvalue weighted by Gasteiger charge is -2.34. The molecule has 0 saturated carbocycles. The van der Waals surface area contributed by atoms with Gasteiger partial charge in [0.25, 0.3) is 0 Å². The number of carbonyl (C=O) groups is 1. The summed E-state index contributed by atoms with van der Waals surface area (Å²) in [6.45, 7) is 6.27. The van der Waals surface area contributed by atoms with Crippen molar-refractivity contribution < 1.29 is 13.2 Å². The number of rotatable bonds is 9. The molecule has 12 heteroatoms. The Balaban J connectivity index is 1.25. The zero-order chi connectivity index (χ0) is 24.9. The highest BCUT2D eigenvalue weighted by molar-refractivity contribution is 7.99. The minimum absolute atomic E-state index is 0.219. The Hall–Kier alpha value is -2.12. The fourth-order valence-corrected chi connectivity index (χ4v) is 6.43. The number of aryl methyl sites for hydroxylation is 1. The Morgan fingerprint density at radius 1 is 1.09 bits per heavy atom. The molecular weight excluding hydrogens is 504 g/mol. The van der Waals surface area contributed by atoms with E-state index in [2.05, 4.69) is 30.1 Å². The first kappa shape index (κ1) is 26.0. The fraction of sp³-hybridized carbons (Fsp3) is 0.435. The minimum Gasteiger partial charge on any atom is -0.333 e. The molecule has 9 nitrogen and oxygen atoms in total. The van der Waals surface area contributed by atoms with Gasteiger partial charge in [0.1, 0.15) is 0 Å². The number of aromatic nitrogens is 3. The summed E-state index contributed by atoms with van der Waals surface area (Å²) >= 11 is 1.72. The second-order valence-corrected chi connectivity index (χ2v) is 12.2. The number of aromatic amines is 1. The third-order valence-electron chi connectivity index (χ3n) is 5.77. The molecule has 0 radical (unpaired) electrons. The van der Waals surface area contributed by atoms with Crippen LogP contribution in [0.5, 0.6) is 0 Å². The van der Waals surface area contributed by atoms with Crippen molar-refractivity contribution in [1.29, 1.82) is 0 Å². The van der Waals surface area contributed by atoms with E-state index in [1.54, 1.807) is 31.0 Å². The quantitative estimate of drug-likeness (QED) is 0.402. The van der Waals surface area contributed by atoms with E-state index in [1.807, 2.05) is 24.3 Å². The molecule has 188 valence electrons. The van der Waals surface area contributed by atoms with Crippen LogP contribution in [0.2, 0.25) is 0 Å². The molecule has 1 saturated heterocycles. The molecule has 1 fully saturated rings. The lowest BCUT2D eigenvalue weighted by molar-refractivity contribution is -0.117. The standard InChI is InChI=1S/C23H30N6O3S3/c1-16-14-19(34(2)31)21(22(24-16)35(3)32)27-20(30)15-29-10-8-28(9-11-29)12-13-33-23-25-17-6-4-5-7-18(17)26-23/h4-7,14H,8-13,15H2,1-3H3,(H,25,26)(H,27,30). The lowest BCUT2D eigenvalue weighted by Crippen LogP contribution is -2.49. The van der Waals surface area contributed by atoms with E-state index < -0.39 is 21.6 Å². The molecule has 2 aromatic heterocycles. The van der Waals surface area contributed by atoms with Crippen molar-refractivity contribution in [2.75, 3.05) is 62.8 Å². The van der Waals surface area contributed by atoms with Crippen LogP contribution in [0.4, 0.5) is 5.69 Å². The van der Waals surface area contributed by atoms with Gasteiger partial charge in [0.15, 0.2) is 10.2 Å². The molecule has 1 aliphatic heterocycles. The van der Waals surface area contributed by atoms with E-state index in [9.17, 15) is 13.2 Å². The summed E-state index contributed by atoms with van der Waals surface area (Å²) in [5, 5.41) is 4.03. The number of thioether (sulfide) groups is 1. The molecule has 1 aromatic carbocycles. The van der Waals surface area contributed by atoms with E-state index in [4.69, 9.17) is 0 Å². The van der Waals surface area contributed by atoms with E-state index in [-0.39, 0.29) is 17.5 Å². The summed E-state index contributed by atoms with van der Waals surface area (Å²) in [7, 11) is -2.76. The van der Waals surface area contributed by atoms with Crippen molar-refractivity contribution in [3.05, 3.63) is 36.0 Å². The van der Waals surface area contributed by atoms with Gasteiger partial charge in [-0.25, -0.2) is 9.97 Å². The molecule has 0 bridgehead atoms. The minimum atomic E-state index is -1.42. The number of benzene rings is 1. The largest absolute Gasteiger partial charge is 0.333 e. The van der Waals surface area contributed by atoms with Crippen LogP contribution in [-0.4, -0.2) is 96.6 Å². The van der Waals surface area contributed by atoms with Crippen molar-refractivity contribution in [3.8, 4) is 0 Å². The first-order chi connectivity index (χ1) is 16.8. The number of hydrogen-bond acceptors (Lipinski definition) is 8. The normalized spacial score (nSPS) is 16.9. The summed E-state index contributed by atoms with van der Waals surface area (Å²) < 4.78 is 24.4. The average molecular weight is 535 g/mol. The summed E-state index contributed by atoms with van der Waals surface area (Å²) in [5.74, 6) is 0.720. The fourth-order valence-electron chi connectivity index (χ4n) is 3.99. The highest BCUT2D eigenvalue weighted by Gasteiger charge is 2.22. The van der Waals surface area contributed by atoms with Crippen LogP contribution in [0.3, 0.4) is 0 Å². The van der Waals surface area contributed by atoms with Crippen LogP contribution in [0.25, 0.3) is 11.0 Å². The van der Waals surface area contributed by atoms with Crippen LogP contribution in [0.1, 0.15) is 5.69 Å². The van der Waals surface area contributed by atoms with Crippen LogP contribution in [0, 0.1) is 6.92 Å². The molecule has 1 aliphatic rings. The Morgan fingerprint density at radius 3 is 2.49 bits per heavy atom. The van der Waals surface area contributed by atoms with E-state index in [0.717, 1.165) is 54.7 Å². The van der Waals surface area contributed by atoms with Crippen molar-refractivity contribution in [3.63, 3.8) is 0 Å². The number of H-pyrrole nitrogens is 1. The van der Waals surface area contributed by atoms with Crippen LogP contribution >= 0.6 is 11.8 Å². The predicted molar refractivity (Wildman–Crippen MR) is 142 cm³/mol. The zero-order valence-electron chi connectivity index (χ0n) is 20.1. The molecule has 3 aromatic rings. The Morgan fingerprint density at radius 2 is 1.80 bits per heavy atom. The third-order valence-corrected chi connectivity index (χ3v) is 8.41. The molecule has 2 atom stereocenters. The first-order valence-electron chi connectivity index (χ1n) is 11.3. The molecule has 3 heterocycles. The van der Waals surface area contributed by atoms with Gasteiger partial charge >= 0.3 is 0 Å². The Kier molecular flexibility index (Phi) is 8.71. The number of anilines is 1. The van der Waals surface area contributed by atoms with Gasteiger partial charge in [-0.05, 0) is 25.1 Å².